The van der Waals surface area contributed by atoms with Crippen molar-refractivity contribution in [2.45, 2.75) is 0 Å². The van der Waals surface area contributed by atoms with Crippen LogP contribution < -0.4 is 9.47 Å². The van der Waals surface area contributed by atoms with Crippen LogP contribution in [0, 0.1) is 0 Å². The third-order valence-electron chi connectivity index (χ3n) is 2.92. The molecule has 0 fully saturated rings. The van der Waals surface area contributed by atoms with E-state index in [0.29, 0.717) is 0 Å². The van der Waals surface area contributed by atoms with Gasteiger partial charge in [-0.1, -0.05) is 48.6 Å². The average Bonchev–Trinajstić information content (AvgIpc) is 2.53. The van der Waals surface area contributed by atoms with Crippen LogP contribution in [-0.2, 0) is 0 Å². The van der Waals surface area contributed by atoms with Crippen molar-refractivity contribution in [3.63, 3.8) is 0 Å². The van der Waals surface area contributed by atoms with Crippen molar-refractivity contribution in [3.05, 3.63) is 71.8 Å². The van der Waals surface area contributed by atoms with Gasteiger partial charge in [-0.15, -0.1) is 0 Å². The summed E-state index contributed by atoms with van der Waals surface area (Å²) in [6.45, 7) is 0. The molecule has 0 aromatic heterocycles. The summed E-state index contributed by atoms with van der Waals surface area (Å²) in [7, 11) is 3.34. The molecule has 0 aliphatic heterocycles. The van der Waals surface area contributed by atoms with Gasteiger partial charge in [0.2, 0.25) is 0 Å². The molecular formula is C18H18O2. The zero-order valence-electron chi connectivity index (χ0n) is 11.7. The van der Waals surface area contributed by atoms with Crippen LogP contribution in [0.15, 0.2) is 60.7 Å². The smallest absolute Gasteiger partial charge is 0.118 e. The molecule has 0 amide bonds. The molecule has 0 N–H and O–H groups in total. The number of benzene rings is 2. The van der Waals surface area contributed by atoms with Crippen LogP contribution in [0.4, 0.5) is 0 Å². The molecule has 0 atom stereocenters. The highest BCUT2D eigenvalue weighted by Crippen LogP contribution is 2.14. The fourth-order valence-corrected chi connectivity index (χ4v) is 1.76. The van der Waals surface area contributed by atoms with Crippen LogP contribution in [0.5, 0.6) is 11.5 Å². The number of ether oxygens (including phenoxy) is 2. The number of allylic oxidation sites excluding steroid dienone is 2. The van der Waals surface area contributed by atoms with E-state index in [4.69, 9.17) is 9.47 Å². The van der Waals surface area contributed by atoms with E-state index in [9.17, 15) is 0 Å². The molecule has 2 nitrogen and oxygen atoms in total. The Hall–Kier alpha value is -2.48. The van der Waals surface area contributed by atoms with Crippen LogP contribution in [0.2, 0.25) is 0 Å². The Morgan fingerprint density at radius 2 is 0.950 bits per heavy atom. The summed E-state index contributed by atoms with van der Waals surface area (Å²) >= 11 is 0. The predicted molar refractivity (Wildman–Crippen MR) is 84.1 cm³/mol. The Kier molecular flexibility index (Phi) is 5.01. The minimum atomic E-state index is 0.871. The Morgan fingerprint density at radius 1 is 0.600 bits per heavy atom. The first-order chi connectivity index (χ1) is 9.81. The van der Waals surface area contributed by atoms with Gasteiger partial charge in [-0.3, -0.25) is 0 Å². The lowest BCUT2D eigenvalue weighted by Crippen LogP contribution is -1.81. The van der Waals surface area contributed by atoms with Gasteiger partial charge in [0.15, 0.2) is 0 Å². The molecule has 2 rings (SSSR count). The summed E-state index contributed by atoms with van der Waals surface area (Å²) in [4.78, 5) is 0. The van der Waals surface area contributed by atoms with E-state index in [2.05, 4.69) is 12.2 Å². The van der Waals surface area contributed by atoms with Crippen molar-refractivity contribution in [2.24, 2.45) is 0 Å². The lowest BCUT2D eigenvalue weighted by Gasteiger charge is -1.99. The van der Waals surface area contributed by atoms with Crippen molar-refractivity contribution < 1.29 is 9.47 Å². The van der Waals surface area contributed by atoms with Gasteiger partial charge in [-0.25, -0.2) is 0 Å². The second kappa shape index (κ2) is 7.19. The fraction of sp³-hybridized carbons (Fsp3) is 0.111. The molecule has 0 spiro atoms. The summed E-state index contributed by atoms with van der Waals surface area (Å²) in [5.41, 5.74) is 2.29. The van der Waals surface area contributed by atoms with Gasteiger partial charge < -0.3 is 9.47 Å². The van der Waals surface area contributed by atoms with E-state index in [0.717, 1.165) is 22.6 Å². The molecule has 102 valence electrons. The third kappa shape index (κ3) is 4.02. The summed E-state index contributed by atoms with van der Waals surface area (Å²) in [5, 5.41) is 0. The van der Waals surface area contributed by atoms with Gasteiger partial charge in [-0.2, -0.15) is 0 Å². The molecular weight excluding hydrogens is 248 g/mol. The third-order valence-corrected chi connectivity index (χ3v) is 2.92. The van der Waals surface area contributed by atoms with Gasteiger partial charge in [0.05, 0.1) is 14.2 Å². The first-order valence-electron chi connectivity index (χ1n) is 6.44. The molecule has 0 aliphatic rings. The van der Waals surface area contributed by atoms with E-state index >= 15 is 0 Å². The van der Waals surface area contributed by atoms with Crippen molar-refractivity contribution in [2.75, 3.05) is 14.2 Å². The minimum absolute atomic E-state index is 0.871. The normalized spacial score (nSPS) is 11.1. The Balaban J connectivity index is 1.95. The molecule has 0 radical (unpaired) electrons. The molecule has 0 aliphatic carbocycles. The molecule has 2 heteroatoms. The highest BCUT2D eigenvalue weighted by molar-refractivity contribution is 5.58. The zero-order valence-corrected chi connectivity index (χ0v) is 11.7. The van der Waals surface area contributed by atoms with Crippen LogP contribution in [0.3, 0.4) is 0 Å². The van der Waals surface area contributed by atoms with E-state index in [-0.39, 0.29) is 0 Å². The lowest BCUT2D eigenvalue weighted by molar-refractivity contribution is 0.414. The average molecular weight is 266 g/mol. The lowest BCUT2D eigenvalue weighted by atomic mass is 10.2. The van der Waals surface area contributed by atoms with Crippen molar-refractivity contribution in [3.8, 4) is 11.5 Å². The predicted octanol–water partition coefficient (Wildman–Crippen LogP) is 4.43. The molecule has 0 saturated carbocycles. The Bertz CT molecular complexity index is 522. The number of hydrogen-bond acceptors (Lipinski definition) is 2. The van der Waals surface area contributed by atoms with Crippen molar-refractivity contribution >= 4 is 12.2 Å². The maximum Gasteiger partial charge on any atom is 0.118 e. The Morgan fingerprint density at radius 3 is 1.25 bits per heavy atom. The molecule has 0 saturated heterocycles. The highest BCUT2D eigenvalue weighted by Gasteiger charge is 1.90. The monoisotopic (exact) mass is 266 g/mol. The van der Waals surface area contributed by atoms with E-state index in [1.165, 1.54) is 0 Å². The van der Waals surface area contributed by atoms with Crippen molar-refractivity contribution in [1.82, 2.24) is 0 Å². The topological polar surface area (TPSA) is 18.5 Å². The maximum absolute atomic E-state index is 5.12. The minimum Gasteiger partial charge on any atom is -0.497 e. The van der Waals surface area contributed by atoms with Gasteiger partial charge >= 0.3 is 0 Å². The van der Waals surface area contributed by atoms with Gasteiger partial charge in [0.1, 0.15) is 11.5 Å². The van der Waals surface area contributed by atoms with Crippen LogP contribution >= 0.6 is 0 Å². The van der Waals surface area contributed by atoms with Gasteiger partial charge in [-0.05, 0) is 35.4 Å². The van der Waals surface area contributed by atoms with Crippen LogP contribution in [0.25, 0.3) is 12.2 Å². The summed E-state index contributed by atoms with van der Waals surface area (Å²) < 4.78 is 10.2. The molecule has 20 heavy (non-hydrogen) atoms. The van der Waals surface area contributed by atoms with Gasteiger partial charge in [0, 0.05) is 0 Å². The van der Waals surface area contributed by atoms with E-state index in [1.807, 2.05) is 60.7 Å². The van der Waals surface area contributed by atoms with Crippen LogP contribution in [0.1, 0.15) is 11.1 Å². The first kappa shape index (κ1) is 13.9. The first-order valence-corrected chi connectivity index (χ1v) is 6.44. The highest BCUT2D eigenvalue weighted by atomic mass is 16.5. The number of rotatable bonds is 5. The standard InChI is InChI=1S/C18H18O2/c1-19-17-11-7-15(8-12-17)5-3-4-6-16-9-13-18(20-2)14-10-16/h3-14H,1-2H3/b5-3-,6-4-. The molecule has 2 aromatic rings. The fourth-order valence-electron chi connectivity index (χ4n) is 1.76. The SMILES string of the molecule is COc1ccc(/C=C\C=C/c2ccc(OC)cc2)cc1. The largest absolute Gasteiger partial charge is 0.497 e. The number of methoxy groups -OCH3 is 2. The molecule has 2 aromatic carbocycles. The summed E-state index contributed by atoms with van der Waals surface area (Å²) in [6, 6.07) is 15.9. The summed E-state index contributed by atoms with van der Waals surface area (Å²) in [5.74, 6) is 1.74. The van der Waals surface area contributed by atoms with Gasteiger partial charge in [0.25, 0.3) is 0 Å². The van der Waals surface area contributed by atoms with Crippen molar-refractivity contribution in [1.29, 1.82) is 0 Å². The molecule has 0 unspecified atom stereocenters. The summed E-state index contributed by atoms with van der Waals surface area (Å²) in [6.07, 6.45) is 8.15. The van der Waals surface area contributed by atoms with E-state index < -0.39 is 0 Å². The maximum atomic E-state index is 5.12. The second-order valence-corrected chi connectivity index (χ2v) is 4.26. The zero-order chi connectivity index (χ0) is 14.2. The van der Waals surface area contributed by atoms with E-state index in [1.54, 1.807) is 14.2 Å². The number of hydrogen-bond donors (Lipinski definition) is 0. The molecule has 0 bridgehead atoms. The van der Waals surface area contributed by atoms with Crippen LogP contribution in [-0.4, -0.2) is 14.2 Å². The Labute approximate surface area is 120 Å². The quantitative estimate of drug-likeness (QED) is 0.745. The second-order valence-electron chi connectivity index (χ2n) is 4.26. The molecule has 0 heterocycles.